The van der Waals surface area contributed by atoms with E-state index in [2.05, 4.69) is 57.7 Å². The van der Waals surface area contributed by atoms with Crippen molar-refractivity contribution in [2.45, 2.75) is 153 Å². The quantitative estimate of drug-likeness (QED) is 0.268. The number of halogens is 2. The van der Waals surface area contributed by atoms with Gasteiger partial charge in [0.25, 0.3) is 0 Å². The summed E-state index contributed by atoms with van der Waals surface area (Å²) in [7, 11) is 9.75. The predicted octanol–water partition coefficient (Wildman–Crippen LogP) is 9.10. The molecular formula is C30H50Cl2N4Pt. The van der Waals surface area contributed by atoms with Crippen LogP contribution in [0.2, 0.25) is 0 Å². The molecule has 2 aliphatic heterocycles. The van der Waals surface area contributed by atoms with Crippen molar-refractivity contribution in [2.75, 3.05) is 0 Å². The fourth-order valence-corrected chi connectivity index (χ4v) is 7.15. The molecule has 0 bridgehead atoms. The summed E-state index contributed by atoms with van der Waals surface area (Å²) < 4.78 is 0. The Morgan fingerprint density at radius 1 is 0.405 bits per heavy atom. The minimum absolute atomic E-state index is 0.472. The minimum atomic E-state index is -0.472. The molecule has 4 saturated carbocycles. The van der Waals surface area contributed by atoms with Gasteiger partial charge in [-0.1, -0.05) is 77.0 Å². The number of hydrogen-bond donors (Lipinski definition) is 0. The van der Waals surface area contributed by atoms with Crippen LogP contribution in [0.5, 0.6) is 0 Å². The van der Waals surface area contributed by atoms with Gasteiger partial charge in [-0.2, -0.15) is 13.3 Å². The van der Waals surface area contributed by atoms with Gasteiger partial charge in [0.2, 0.25) is 0 Å². The SMILES string of the molecule is C1=CN(C2CCCCC2)[CH-]N1C1CCCCC1.C1=CN(C2CCCCC2)[CH-]N1C1CCCCC1.[Cl][Pt+2][Cl]. The summed E-state index contributed by atoms with van der Waals surface area (Å²) >= 11 is -0.472. The first-order valence-corrected chi connectivity index (χ1v) is 20.9. The van der Waals surface area contributed by atoms with E-state index < -0.39 is 16.5 Å². The fraction of sp³-hybridized carbons (Fsp3) is 0.800. The summed E-state index contributed by atoms with van der Waals surface area (Å²) in [5.74, 6) is 0. The van der Waals surface area contributed by atoms with E-state index in [1.165, 1.54) is 128 Å². The van der Waals surface area contributed by atoms with Gasteiger partial charge in [0, 0.05) is 24.2 Å². The van der Waals surface area contributed by atoms with E-state index >= 15 is 0 Å². The van der Waals surface area contributed by atoms with Crippen LogP contribution in [0.1, 0.15) is 128 Å². The van der Waals surface area contributed by atoms with Crippen LogP contribution in [0.25, 0.3) is 0 Å². The molecule has 0 N–H and O–H groups in total. The molecule has 0 amide bonds. The second-order valence-corrected chi connectivity index (χ2v) is 15.1. The van der Waals surface area contributed by atoms with Crippen LogP contribution in [0.4, 0.5) is 0 Å². The molecule has 7 heteroatoms. The average Bonchev–Trinajstić information content (AvgIpc) is 3.67. The van der Waals surface area contributed by atoms with Crippen LogP contribution in [-0.4, -0.2) is 43.8 Å². The van der Waals surface area contributed by atoms with Crippen molar-refractivity contribution in [3.63, 3.8) is 0 Å². The molecule has 0 aromatic rings. The summed E-state index contributed by atoms with van der Waals surface area (Å²) in [5, 5.41) is 0. The molecule has 0 atom stereocenters. The van der Waals surface area contributed by atoms with Gasteiger partial charge in [0.15, 0.2) is 0 Å². The van der Waals surface area contributed by atoms with Crippen LogP contribution in [0, 0.1) is 13.3 Å². The molecular weight excluding hydrogens is 682 g/mol. The van der Waals surface area contributed by atoms with Crippen molar-refractivity contribution in [3.8, 4) is 0 Å². The summed E-state index contributed by atoms with van der Waals surface area (Å²) in [6.45, 7) is 4.76. The Bertz CT molecular complexity index is 560. The van der Waals surface area contributed by atoms with Gasteiger partial charge >= 0.3 is 35.3 Å². The molecule has 4 nitrogen and oxygen atoms in total. The second kappa shape index (κ2) is 16.9. The normalized spacial score (nSPS) is 26.3. The van der Waals surface area contributed by atoms with Crippen molar-refractivity contribution >= 4 is 18.8 Å². The monoisotopic (exact) mass is 731 g/mol. The first kappa shape index (κ1) is 29.9. The molecule has 6 aliphatic rings. The molecule has 0 radical (unpaired) electrons. The third-order valence-corrected chi connectivity index (χ3v) is 9.34. The summed E-state index contributed by atoms with van der Waals surface area (Å²) in [6.07, 6.45) is 37.5. The van der Waals surface area contributed by atoms with Crippen LogP contribution >= 0.6 is 18.8 Å². The van der Waals surface area contributed by atoms with Crippen molar-refractivity contribution in [1.82, 2.24) is 19.6 Å². The van der Waals surface area contributed by atoms with E-state index in [0.29, 0.717) is 0 Å². The fourth-order valence-electron chi connectivity index (χ4n) is 7.15. The molecule has 4 fully saturated rings. The van der Waals surface area contributed by atoms with E-state index in [9.17, 15) is 0 Å². The topological polar surface area (TPSA) is 13.0 Å². The zero-order valence-corrected chi connectivity index (χ0v) is 26.6. The van der Waals surface area contributed by atoms with E-state index in [0.717, 1.165) is 24.2 Å². The van der Waals surface area contributed by atoms with Gasteiger partial charge in [-0.05, 0) is 76.2 Å². The molecule has 0 unspecified atom stereocenters. The number of rotatable bonds is 4. The van der Waals surface area contributed by atoms with Crippen molar-refractivity contribution < 1.29 is 16.5 Å². The molecule has 2 heterocycles. The molecule has 0 spiro atoms. The first-order chi connectivity index (χ1) is 18.3. The van der Waals surface area contributed by atoms with Crippen molar-refractivity contribution in [1.29, 1.82) is 0 Å². The Labute approximate surface area is 244 Å². The van der Waals surface area contributed by atoms with E-state index in [4.69, 9.17) is 18.8 Å². The average molecular weight is 733 g/mol. The zero-order chi connectivity index (χ0) is 25.7. The van der Waals surface area contributed by atoms with Gasteiger partial charge < -0.3 is 19.6 Å². The first-order valence-electron chi connectivity index (χ1n) is 15.3. The summed E-state index contributed by atoms with van der Waals surface area (Å²) in [4.78, 5) is 9.92. The molecule has 4 aliphatic carbocycles. The van der Waals surface area contributed by atoms with E-state index in [-0.39, 0.29) is 0 Å². The maximum absolute atomic E-state index is 4.88. The molecule has 37 heavy (non-hydrogen) atoms. The third-order valence-electron chi connectivity index (χ3n) is 9.34. The van der Waals surface area contributed by atoms with Gasteiger partial charge in [-0.15, -0.1) is 0 Å². The second-order valence-electron chi connectivity index (χ2n) is 11.8. The summed E-state index contributed by atoms with van der Waals surface area (Å²) in [6, 6.07) is 3.14. The standard InChI is InChI=1S/2C15H25N2.2ClH.Pt/c2*1-3-7-14(8-4-1)16-11-12-17(13-16)15-9-5-2-6-10-15;;;/h2*11-15H,1-10H2;2*1H;/q2*-1;;;+4/p-2. The summed E-state index contributed by atoms with van der Waals surface area (Å²) in [5.41, 5.74) is 0. The van der Waals surface area contributed by atoms with Gasteiger partial charge in [0.05, 0.1) is 0 Å². The maximum atomic E-state index is 4.88. The Balaban J connectivity index is 0.000000157. The van der Waals surface area contributed by atoms with Crippen LogP contribution in [-0.2, 0) is 16.5 Å². The van der Waals surface area contributed by atoms with Gasteiger partial charge in [0.1, 0.15) is 0 Å². The molecule has 0 aromatic heterocycles. The Kier molecular flexibility index (Phi) is 13.7. The van der Waals surface area contributed by atoms with Crippen LogP contribution < -0.4 is 0 Å². The Morgan fingerprint density at radius 3 is 0.784 bits per heavy atom. The van der Waals surface area contributed by atoms with Crippen molar-refractivity contribution in [3.05, 3.63) is 38.1 Å². The van der Waals surface area contributed by atoms with Gasteiger partial charge in [-0.25, -0.2) is 0 Å². The van der Waals surface area contributed by atoms with E-state index in [1.54, 1.807) is 0 Å². The molecule has 0 saturated heterocycles. The number of nitrogens with zero attached hydrogens (tertiary/aromatic N) is 4. The van der Waals surface area contributed by atoms with Crippen molar-refractivity contribution in [2.24, 2.45) is 0 Å². The number of hydrogen-bond acceptors (Lipinski definition) is 4. The Morgan fingerprint density at radius 2 is 0.595 bits per heavy atom. The predicted molar refractivity (Wildman–Crippen MR) is 153 cm³/mol. The van der Waals surface area contributed by atoms with Gasteiger partial charge in [-0.3, -0.25) is 0 Å². The van der Waals surface area contributed by atoms with Crippen LogP contribution in [0.3, 0.4) is 0 Å². The molecule has 6 rings (SSSR count). The third kappa shape index (κ3) is 9.53. The zero-order valence-electron chi connectivity index (χ0n) is 22.8. The van der Waals surface area contributed by atoms with Crippen LogP contribution in [0.15, 0.2) is 24.8 Å². The van der Waals surface area contributed by atoms with E-state index in [1.807, 2.05) is 0 Å². The Hall–Kier alpha value is -0.0517. The molecule has 0 aromatic carbocycles. The molecule has 214 valence electrons.